The monoisotopic (exact) mass is 344 g/mol. The van der Waals surface area contributed by atoms with Crippen LogP contribution in [0.2, 0.25) is 0 Å². The number of benzene rings is 2. The zero-order valence-electron chi connectivity index (χ0n) is 13.7. The average molecular weight is 344 g/mol. The van der Waals surface area contributed by atoms with Crippen molar-refractivity contribution in [3.63, 3.8) is 0 Å². The molecule has 6 heteroatoms. The molecule has 1 amide bonds. The second-order valence-electron chi connectivity index (χ2n) is 6.02. The standard InChI is InChI=1S/C18H20N2O3S/c1-13-7-8-15-5-3-4-6-18(15)20(13)24(22,23)17-11-9-16(10-12-17)19-14(2)21/h3-6,9-13H,7-8H2,1-2H3,(H,19,21)/t13-/m0/s1. The average Bonchev–Trinajstić information content (AvgIpc) is 2.54. The number of aryl methyl sites for hydroxylation is 1. The molecule has 0 aliphatic carbocycles. The molecule has 5 nitrogen and oxygen atoms in total. The van der Waals surface area contributed by atoms with Gasteiger partial charge in [0.1, 0.15) is 0 Å². The maximum atomic E-state index is 13.1. The van der Waals surface area contributed by atoms with Crippen molar-refractivity contribution < 1.29 is 13.2 Å². The number of para-hydroxylation sites is 1. The van der Waals surface area contributed by atoms with Crippen LogP contribution in [-0.4, -0.2) is 20.4 Å². The minimum atomic E-state index is -3.65. The molecule has 0 bridgehead atoms. The van der Waals surface area contributed by atoms with Crippen molar-refractivity contribution in [3.05, 3.63) is 54.1 Å². The number of carbonyl (C=O) groups excluding carboxylic acids is 1. The van der Waals surface area contributed by atoms with Crippen LogP contribution in [0, 0.1) is 0 Å². The number of fused-ring (bicyclic) bond motifs is 1. The Hall–Kier alpha value is -2.34. The summed E-state index contributed by atoms with van der Waals surface area (Å²) in [4.78, 5) is 11.3. The van der Waals surface area contributed by atoms with E-state index in [9.17, 15) is 13.2 Å². The fourth-order valence-corrected chi connectivity index (χ4v) is 4.77. The Kier molecular flexibility index (Phi) is 4.32. The van der Waals surface area contributed by atoms with Gasteiger partial charge in [0.2, 0.25) is 5.91 Å². The van der Waals surface area contributed by atoms with Gasteiger partial charge in [0.25, 0.3) is 10.0 Å². The van der Waals surface area contributed by atoms with E-state index in [0.717, 1.165) is 24.1 Å². The van der Waals surface area contributed by atoms with Gasteiger partial charge >= 0.3 is 0 Å². The van der Waals surface area contributed by atoms with Crippen molar-refractivity contribution in [1.29, 1.82) is 0 Å². The summed E-state index contributed by atoms with van der Waals surface area (Å²) in [5.41, 5.74) is 2.38. The van der Waals surface area contributed by atoms with Crippen molar-refractivity contribution >= 4 is 27.3 Å². The summed E-state index contributed by atoms with van der Waals surface area (Å²) in [6, 6.07) is 13.8. The Morgan fingerprint density at radius 2 is 1.79 bits per heavy atom. The smallest absolute Gasteiger partial charge is 0.264 e. The van der Waals surface area contributed by atoms with Crippen molar-refractivity contribution in [1.82, 2.24) is 0 Å². The lowest BCUT2D eigenvalue weighted by Gasteiger charge is -2.36. The highest BCUT2D eigenvalue weighted by Gasteiger charge is 2.33. The highest BCUT2D eigenvalue weighted by Crippen LogP contribution is 2.35. The Morgan fingerprint density at radius 3 is 2.46 bits per heavy atom. The fraction of sp³-hybridized carbons (Fsp3) is 0.278. The molecule has 126 valence electrons. The van der Waals surface area contributed by atoms with E-state index in [2.05, 4.69) is 5.32 Å². The van der Waals surface area contributed by atoms with Crippen LogP contribution in [0.25, 0.3) is 0 Å². The van der Waals surface area contributed by atoms with Gasteiger partial charge in [-0.3, -0.25) is 9.10 Å². The number of anilines is 2. The zero-order chi connectivity index (χ0) is 17.3. The largest absolute Gasteiger partial charge is 0.326 e. The summed E-state index contributed by atoms with van der Waals surface area (Å²) in [5, 5.41) is 2.64. The number of hydrogen-bond donors (Lipinski definition) is 1. The predicted molar refractivity (Wildman–Crippen MR) is 94.6 cm³/mol. The molecule has 2 aromatic rings. The van der Waals surface area contributed by atoms with Gasteiger partial charge in [-0.15, -0.1) is 0 Å². The van der Waals surface area contributed by atoms with Gasteiger partial charge < -0.3 is 5.32 Å². The first kappa shape index (κ1) is 16.5. The number of amides is 1. The molecular formula is C18H20N2O3S. The van der Waals surface area contributed by atoms with Gasteiger partial charge in [-0.2, -0.15) is 0 Å². The van der Waals surface area contributed by atoms with E-state index in [-0.39, 0.29) is 16.8 Å². The third-order valence-corrected chi connectivity index (χ3v) is 6.13. The van der Waals surface area contributed by atoms with Crippen molar-refractivity contribution in [2.75, 3.05) is 9.62 Å². The SMILES string of the molecule is CC(=O)Nc1ccc(S(=O)(=O)N2c3ccccc3CC[C@@H]2C)cc1. The number of sulfonamides is 1. The van der Waals surface area contributed by atoms with E-state index in [1.165, 1.54) is 23.4 Å². The molecule has 1 atom stereocenters. The molecule has 1 aliphatic heterocycles. The Labute approximate surface area is 142 Å². The van der Waals surface area contributed by atoms with E-state index in [1.807, 2.05) is 31.2 Å². The van der Waals surface area contributed by atoms with E-state index >= 15 is 0 Å². The van der Waals surface area contributed by atoms with Crippen molar-refractivity contribution in [2.24, 2.45) is 0 Å². The van der Waals surface area contributed by atoms with Crippen LogP contribution < -0.4 is 9.62 Å². The molecule has 2 aromatic carbocycles. The first-order valence-corrected chi connectivity index (χ1v) is 9.33. The maximum Gasteiger partial charge on any atom is 0.264 e. The van der Waals surface area contributed by atoms with Crippen LogP contribution in [0.3, 0.4) is 0 Å². The van der Waals surface area contributed by atoms with Crippen LogP contribution in [0.15, 0.2) is 53.4 Å². The van der Waals surface area contributed by atoms with Gasteiger partial charge in [-0.05, 0) is 55.7 Å². The van der Waals surface area contributed by atoms with E-state index in [4.69, 9.17) is 0 Å². The van der Waals surface area contributed by atoms with Gasteiger partial charge in [-0.1, -0.05) is 18.2 Å². The Morgan fingerprint density at radius 1 is 1.12 bits per heavy atom. The predicted octanol–water partition coefficient (Wildman–Crippen LogP) is 3.18. The summed E-state index contributed by atoms with van der Waals surface area (Å²) in [7, 11) is -3.65. The van der Waals surface area contributed by atoms with Gasteiger partial charge in [0, 0.05) is 18.7 Å². The zero-order valence-corrected chi connectivity index (χ0v) is 14.5. The molecule has 0 aromatic heterocycles. The fourth-order valence-electron chi connectivity index (χ4n) is 3.05. The number of nitrogens with one attached hydrogen (secondary N) is 1. The lowest BCUT2D eigenvalue weighted by molar-refractivity contribution is -0.114. The quantitative estimate of drug-likeness (QED) is 0.930. The van der Waals surface area contributed by atoms with Crippen LogP contribution in [-0.2, 0) is 21.2 Å². The lowest BCUT2D eigenvalue weighted by Crippen LogP contribution is -2.42. The second kappa shape index (κ2) is 6.28. The maximum absolute atomic E-state index is 13.1. The minimum absolute atomic E-state index is 0.0973. The molecule has 0 saturated carbocycles. The normalized spacial score (nSPS) is 17.2. The summed E-state index contributed by atoms with van der Waals surface area (Å²) in [6.07, 6.45) is 1.67. The molecule has 0 spiro atoms. The number of hydrogen-bond acceptors (Lipinski definition) is 3. The van der Waals surface area contributed by atoms with E-state index < -0.39 is 10.0 Å². The molecular weight excluding hydrogens is 324 g/mol. The van der Waals surface area contributed by atoms with Gasteiger partial charge in [0.05, 0.1) is 10.6 Å². The summed E-state index contributed by atoms with van der Waals surface area (Å²) in [5.74, 6) is -0.191. The Bertz CT molecular complexity index is 860. The molecule has 0 radical (unpaired) electrons. The Balaban J connectivity index is 2.00. The van der Waals surface area contributed by atoms with Crippen LogP contribution >= 0.6 is 0 Å². The van der Waals surface area contributed by atoms with Gasteiger partial charge in [0.15, 0.2) is 0 Å². The third-order valence-electron chi connectivity index (χ3n) is 4.19. The molecule has 0 unspecified atom stereocenters. The first-order chi connectivity index (χ1) is 11.4. The molecule has 0 saturated heterocycles. The molecule has 3 rings (SSSR count). The number of rotatable bonds is 3. The molecule has 0 fully saturated rings. The van der Waals surface area contributed by atoms with Crippen molar-refractivity contribution in [2.45, 2.75) is 37.6 Å². The number of carbonyl (C=O) groups is 1. The second-order valence-corrected chi connectivity index (χ2v) is 7.84. The topological polar surface area (TPSA) is 66.5 Å². The van der Waals surface area contributed by atoms with Crippen molar-refractivity contribution in [3.8, 4) is 0 Å². The number of nitrogens with zero attached hydrogens (tertiary/aromatic N) is 1. The van der Waals surface area contributed by atoms with Gasteiger partial charge in [-0.25, -0.2) is 8.42 Å². The summed E-state index contributed by atoms with van der Waals surface area (Å²) in [6.45, 7) is 3.34. The van der Waals surface area contributed by atoms with E-state index in [1.54, 1.807) is 12.1 Å². The van der Waals surface area contributed by atoms with Crippen LogP contribution in [0.5, 0.6) is 0 Å². The molecule has 1 heterocycles. The highest BCUT2D eigenvalue weighted by atomic mass is 32.2. The highest BCUT2D eigenvalue weighted by molar-refractivity contribution is 7.92. The molecule has 1 N–H and O–H groups in total. The summed E-state index contributed by atoms with van der Waals surface area (Å²) < 4.78 is 27.8. The lowest BCUT2D eigenvalue weighted by atomic mass is 9.99. The third kappa shape index (κ3) is 3.01. The van der Waals surface area contributed by atoms with Crippen LogP contribution in [0.4, 0.5) is 11.4 Å². The molecule has 1 aliphatic rings. The minimum Gasteiger partial charge on any atom is -0.326 e. The molecule has 24 heavy (non-hydrogen) atoms. The summed E-state index contributed by atoms with van der Waals surface area (Å²) >= 11 is 0. The van der Waals surface area contributed by atoms with Crippen LogP contribution in [0.1, 0.15) is 25.8 Å². The van der Waals surface area contributed by atoms with E-state index in [0.29, 0.717) is 5.69 Å². The first-order valence-electron chi connectivity index (χ1n) is 7.89.